The molecule has 1 aromatic carbocycles. The molecular weight excluding hydrogens is 262 g/mol. The maximum atomic E-state index is 5.74. The van der Waals surface area contributed by atoms with Crippen LogP contribution in [0.25, 0.3) is 0 Å². The third kappa shape index (κ3) is 4.81. The van der Waals surface area contributed by atoms with Gasteiger partial charge in [-0.1, -0.05) is 19.9 Å². The van der Waals surface area contributed by atoms with E-state index in [1.165, 1.54) is 5.56 Å². The Morgan fingerprint density at radius 1 is 1.24 bits per heavy atom. The van der Waals surface area contributed by atoms with Crippen LogP contribution in [0.4, 0.5) is 5.69 Å². The molecule has 0 radical (unpaired) electrons. The summed E-state index contributed by atoms with van der Waals surface area (Å²) in [4.78, 5) is 0. The second-order valence-electron chi connectivity index (χ2n) is 6.01. The summed E-state index contributed by atoms with van der Waals surface area (Å²) in [6.45, 7) is 10.0. The molecule has 0 unspecified atom stereocenters. The van der Waals surface area contributed by atoms with E-state index < -0.39 is 0 Å². The molecule has 0 saturated carbocycles. The first-order valence-electron chi connectivity index (χ1n) is 7.54. The Hall–Kier alpha value is -1.97. The fourth-order valence-electron chi connectivity index (χ4n) is 1.91. The van der Waals surface area contributed by atoms with Crippen molar-refractivity contribution < 1.29 is 4.74 Å². The largest absolute Gasteiger partial charge is 0.493 e. The molecule has 1 N–H and O–H groups in total. The number of hydrogen-bond acceptors (Lipinski definition) is 3. The predicted octanol–water partition coefficient (Wildman–Crippen LogP) is 4.11. The highest BCUT2D eigenvalue weighted by Gasteiger charge is 2.03. The maximum absolute atomic E-state index is 5.74. The van der Waals surface area contributed by atoms with E-state index in [-0.39, 0.29) is 0 Å². The average molecular weight is 287 g/mol. The lowest BCUT2D eigenvalue weighted by Crippen LogP contribution is -2.05. The lowest BCUT2D eigenvalue weighted by Gasteiger charge is -2.11. The van der Waals surface area contributed by atoms with E-state index in [9.17, 15) is 0 Å². The maximum Gasteiger partial charge on any atom is 0.121 e. The van der Waals surface area contributed by atoms with Gasteiger partial charge in [-0.05, 0) is 31.9 Å². The smallest absolute Gasteiger partial charge is 0.121 e. The van der Waals surface area contributed by atoms with E-state index in [2.05, 4.69) is 50.4 Å². The van der Waals surface area contributed by atoms with Gasteiger partial charge in [-0.25, -0.2) is 0 Å². The molecule has 4 heteroatoms. The number of nitrogens with zero attached hydrogens (tertiary/aromatic N) is 2. The van der Waals surface area contributed by atoms with E-state index in [0.717, 1.165) is 24.6 Å². The summed E-state index contributed by atoms with van der Waals surface area (Å²) in [5.41, 5.74) is 2.24. The molecule has 0 atom stereocenters. The van der Waals surface area contributed by atoms with Crippen molar-refractivity contribution in [2.24, 2.45) is 5.92 Å². The van der Waals surface area contributed by atoms with Crippen molar-refractivity contribution in [3.8, 4) is 5.75 Å². The van der Waals surface area contributed by atoms with Crippen LogP contribution in [0.3, 0.4) is 0 Å². The quantitative estimate of drug-likeness (QED) is 0.833. The average Bonchev–Trinajstić information content (AvgIpc) is 2.92. The van der Waals surface area contributed by atoms with Gasteiger partial charge in [0.1, 0.15) is 5.75 Å². The van der Waals surface area contributed by atoms with Gasteiger partial charge in [-0.3, -0.25) is 4.68 Å². The van der Waals surface area contributed by atoms with Crippen molar-refractivity contribution in [2.75, 3.05) is 11.9 Å². The summed E-state index contributed by atoms with van der Waals surface area (Å²) in [6.07, 6.45) is 3.99. The molecule has 114 valence electrons. The first-order valence-corrected chi connectivity index (χ1v) is 7.54. The molecular formula is C17H25N3O. The second-order valence-corrected chi connectivity index (χ2v) is 6.01. The van der Waals surface area contributed by atoms with Crippen molar-refractivity contribution in [3.05, 3.63) is 42.2 Å². The van der Waals surface area contributed by atoms with E-state index in [1.54, 1.807) is 0 Å². The van der Waals surface area contributed by atoms with Gasteiger partial charge in [0.25, 0.3) is 0 Å². The number of benzene rings is 1. The van der Waals surface area contributed by atoms with Crippen molar-refractivity contribution in [1.29, 1.82) is 0 Å². The third-order valence-electron chi connectivity index (χ3n) is 3.10. The molecule has 2 aromatic rings. The Balaban J connectivity index is 1.91. The Morgan fingerprint density at radius 2 is 2.05 bits per heavy atom. The van der Waals surface area contributed by atoms with E-state index in [0.29, 0.717) is 12.0 Å². The van der Waals surface area contributed by atoms with Crippen LogP contribution in [0, 0.1) is 5.92 Å². The van der Waals surface area contributed by atoms with Gasteiger partial charge in [-0.2, -0.15) is 5.10 Å². The van der Waals surface area contributed by atoms with Crippen LogP contribution in [-0.4, -0.2) is 16.4 Å². The standard InChI is InChI=1S/C17H25N3O/c1-13(2)12-21-17-7-5-6-16(8-17)18-9-15-10-19-20(11-15)14(3)4/h5-8,10-11,13-14,18H,9,12H2,1-4H3. The fourth-order valence-corrected chi connectivity index (χ4v) is 1.91. The minimum atomic E-state index is 0.395. The number of anilines is 1. The molecule has 0 aliphatic rings. The van der Waals surface area contributed by atoms with Gasteiger partial charge in [0.2, 0.25) is 0 Å². The van der Waals surface area contributed by atoms with Crippen molar-refractivity contribution in [3.63, 3.8) is 0 Å². The summed E-state index contributed by atoms with van der Waals surface area (Å²) in [5, 5.41) is 7.75. The van der Waals surface area contributed by atoms with Gasteiger partial charge < -0.3 is 10.1 Å². The first kappa shape index (κ1) is 15.4. The summed E-state index contributed by atoms with van der Waals surface area (Å²) in [7, 11) is 0. The Morgan fingerprint density at radius 3 is 2.71 bits per heavy atom. The fraction of sp³-hybridized carbons (Fsp3) is 0.471. The molecule has 2 rings (SSSR count). The predicted molar refractivity (Wildman–Crippen MR) is 86.7 cm³/mol. The van der Waals surface area contributed by atoms with Crippen LogP contribution in [0.2, 0.25) is 0 Å². The van der Waals surface area contributed by atoms with Gasteiger partial charge in [0.05, 0.1) is 12.8 Å². The lowest BCUT2D eigenvalue weighted by atomic mass is 10.2. The highest BCUT2D eigenvalue weighted by molar-refractivity contribution is 5.48. The first-order chi connectivity index (χ1) is 10.0. The highest BCUT2D eigenvalue weighted by Crippen LogP contribution is 2.19. The van der Waals surface area contributed by atoms with Crippen molar-refractivity contribution in [2.45, 2.75) is 40.3 Å². The molecule has 0 aliphatic heterocycles. The third-order valence-corrected chi connectivity index (χ3v) is 3.10. The zero-order chi connectivity index (χ0) is 15.2. The van der Waals surface area contributed by atoms with Crippen molar-refractivity contribution in [1.82, 2.24) is 9.78 Å². The second kappa shape index (κ2) is 7.16. The molecule has 0 bridgehead atoms. The van der Waals surface area contributed by atoms with Crippen LogP contribution < -0.4 is 10.1 Å². The molecule has 1 heterocycles. The normalized spacial score (nSPS) is 11.1. The van der Waals surface area contributed by atoms with Crippen molar-refractivity contribution >= 4 is 5.69 Å². The molecule has 0 spiro atoms. The summed E-state index contributed by atoms with van der Waals surface area (Å²) >= 11 is 0. The van der Waals surface area contributed by atoms with E-state index >= 15 is 0 Å². The minimum Gasteiger partial charge on any atom is -0.493 e. The summed E-state index contributed by atoms with van der Waals surface area (Å²) in [6, 6.07) is 8.48. The molecule has 0 amide bonds. The SMILES string of the molecule is CC(C)COc1cccc(NCc2cnn(C(C)C)c2)c1. The zero-order valence-electron chi connectivity index (χ0n) is 13.3. The van der Waals surface area contributed by atoms with Gasteiger partial charge in [0.15, 0.2) is 0 Å². The topological polar surface area (TPSA) is 39.1 Å². The number of ether oxygens (including phenoxy) is 1. The molecule has 0 saturated heterocycles. The number of aromatic nitrogens is 2. The van der Waals surface area contributed by atoms with E-state index in [1.807, 2.05) is 29.1 Å². The highest BCUT2D eigenvalue weighted by atomic mass is 16.5. The zero-order valence-corrected chi connectivity index (χ0v) is 13.3. The number of hydrogen-bond donors (Lipinski definition) is 1. The van der Waals surface area contributed by atoms with E-state index in [4.69, 9.17) is 4.74 Å². The lowest BCUT2D eigenvalue weighted by molar-refractivity contribution is 0.271. The van der Waals surface area contributed by atoms with Gasteiger partial charge >= 0.3 is 0 Å². The number of rotatable bonds is 7. The van der Waals surface area contributed by atoms with Crippen LogP contribution in [0.5, 0.6) is 5.75 Å². The van der Waals surface area contributed by atoms with Crippen LogP contribution in [0.15, 0.2) is 36.7 Å². The van der Waals surface area contributed by atoms with Gasteiger partial charge in [0, 0.05) is 36.1 Å². The van der Waals surface area contributed by atoms with Crippen LogP contribution >= 0.6 is 0 Å². The minimum absolute atomic E-state index is 0.395. The Bertz CT molecular complexity index is 561. The molecule has 1 aromatic heterocycles. The van der Waals surface area contributed by atoms with Crippen LogP contribution in [0.1, 0.15) is 39.3 Å². The molecule has 4 nitrogen and oxygen atoms in total. The molecule has 0 fully saturated rings. The molecule has 21 heavy (non-hydrogen) atoms. The monoisotopic (exact) mass is 287 g/mol. The Labute approximate surface area is 127 Å². The summed E-state index contributed by atoms with van der Waals surface area (Å²) < 4.78 is 7.71. The number of nitrogens with one attached hydrogen (secondary N) is 1. The molecule has 0 aliphatic carbocycles. The van der Waals surface area contributed by atoms with Gasteiger partial charge in [-0.15, -0.1) is 0 Å². The Kier molecular flexibility index (Phi) is 5.26. The summed E-state index contributed by atoms with van der Waals surface area (Å²) in [5.74, 6) is 1.44. The van der Waals surface area contributed by atoms with Crippen LogP contribution in [-0.2, 0) is 6.54 Å².